The minimum Gasteiger partial charge on any atom is -0.358 e. The molecule has 4 nitrogen and oxygen atoms in total. The van der Waals surface area contributed by atoms with Gasteiger partial charge in [-0.25, -0.2) is 0 Å². The molecule has 0 saturated carbocycles. The maximum atomic E-state index is 12.4. The molecular formula is C24H27N3O. The van der Waals surface area contributed by atoms with Crippen molar-refractivity contribution in [1.29, 1.82) is 0 Å². The van der Waals surface area contributed by atoms with Gasteiger partial charge in [-0.1, -0.05) is 72.8 Å². The molecule has 0 aliphatic carbocycles. The zero-order valence-electron chi connectivity index (χ0n) is 16.3. The Kier molecular flexibility index (Phi) is 5.70. The highest BCUT2D eigenvalue weighted by Crippen LogP contribution is 2.23. The second-order valence-corrected chi connectivity index (χ2v) is 7.50. The van der Waals surface area contributed by atoms with Gasteiger partial charge in [0.05, 0.1) is 6.04 Å². The zero-order valence-corrected chi connectivity index (χ0v) is 16.3. The lowest BCUT2D eigenvalue weighted by atomic mass is 10.0. The van der Waals surface area contributed by atoms with Crippen LogP contribution in [0.1, 0.15) is 17.5 Å². The van der Waals surface area contributed by atoms with E-state index in [1.54, 1.807) is 7.05 Å². The van der Waals surface area contributed by atoms with E-state index in [1.165, 1.54) is 21.9 Å². The first-order valence-electron chi connectivity index (χ1n) is 9.94. The summed E-state index contributed by atoms with van der Waals surface area (Å²) in [5.74, 6) is 0.102. The Morgan fingerprint density at radius 3 is 2.57 bits per heavy atom. The number of hydrogen-bond donors (Lipinski definition) is 2. The van der Waals surface area contributed by atoms with Gasteiger partial charge in [-0.3, -0.25) is 9.69 Å². The largest absolute Gasteiger partial charge is 0.358 e. The summed E-state index contributed by atoms with van der Waals surface area (Å²) in [6.45, 7) is 2.48. The van der Waals surface area contributed by atoms with E-state index >= 15 is 0 Å². The Morgan fingerprint density at radius 2 is 1.75 bits per heavy atom. The third kappa shape index (κ3) is 4.08. The Bertz CT molecular complexity index is 935. The number of benzene rings is 3. The van der Waals surface area contributed by atoms with Gasteiger partial charge in [0.1, 0.15) is 0 Å². The average Bonchev–Trinajstić information content (AvgIpc) is 3.15. The zero-order chi connectivity index (χ0) is 19.3. The highest BCUT2D eigenvalue weighted by atomic mass is 16.2. The highest BCUT2D eigenvalue weighted by molar-refractivity contribution is 5.85. The predicted molar refractivity (Wildman–Crippen MR) is 114 cm³/mol. The second kappa shape index (κ2) is 8.55. The van der Waals surface area contributed by atoms with E-state index in [1.807, 2.05) is 6.07 Å². The van der Waals surface area contributed by atoms with Gasteiger partial charge in [0, 0.05) is 32.7 Å². The Balaban J connectivity index is 1.45. The summed E-state index contributed by atoms with van der Waals surface area (Å²) in [5, 5.41) is 9.08. The van der Waals surface area contributed by atoms with Gasteiger partial charge < -0.3 is 10.6 Å². The molecule has 1 saturated heterocycles. The van der Waals surface area contributed by atoms with Crippen molar-refractivity contribution in [2.45, 2.75) is 31.6 Å². The van der Waals surface area contributed by atoms with E-state index in [-0.39, 0.29) is 11.9 Å². The van der Waals surface area contributed by atoms with Crippen LogP contribution < -0.4 is 10.6 Å². The van der Waals surface area contributed by atoms with Gasteiger partial charge in [0.25, 0.3) is 0 Å². The molecule has 1 fully saturated rings. The second-order valence-electron chi connectivity index (χ2n) is 7.50. The first-order chi connectivity index (χ1) is 13.7. The van der Waals surface area contributed by atoms with Crippen molar-refractivity contribution in [3.05, 3.63) is 83.9 Å². The summed E-state index contributed by atoms with van der Waals surface area (Å²) in [7, 11) is 1.72. The van der Waals surface area contributed by atoms with E-state index in [0.29, 0.717) is 6.04 Å². The van der Waals surface area contributed by atoms with E-state index < -0.39 is 0 Å². The van der Waals surface area contributed by atoms with Crippen LogP contribution in [-0.2, 0) is 17.9 Å². The van der Waals surface area contributed by atoms with Gasteiger partial charge in [0.2, 0.25) is 5.91 Å². The number of amides is 1. The molecule has 3 aromatic rings. The summed E-state index contributed by atoms with van der Waals surface area (Å²) in [6.07, 6.45) is 0.831. The van der Waals surface area contributed by atoms with Crippen LogP contribution in [0.25, 0.3) is 10.8 Å². The molecule has 0 radical (unpaired) electrons. The van der Waals surface area contributed by atoms with Crippen LogP contribution in [0.4, 0.5) is 0 Å². The molecule has 1 heterocycles. The van der Waals surface area contributed by atoms with Crippen LogP contribution in [0.3, 0.4) is 0 Å². The molecular weight excluding hydrogens is 346 g/mol. The topological polar surface area (TPSA) is 44.4 Å². The number of nitrogens with zero attached hydrogens (tertiary/aromatic N) is 1. The molecule has 0 aromatic heterocycles. The van der Waals surface area contributed by atoms with Crippen LogP contribution in [-0.4, -0.2) is 36.5 Å². The van der Waals surface area contributed by atoms with Gasteiger partial charge >= 0.3 is 0 Å². The fourth-order valence-electron chi connectivity index (χ4n) is 4.18. The minimum atomic E-state index is -0.0878. The van der Waals surface area contributed by atoms with E-state index in [2.05, 4.69) is 82.3 Å². The molecule has 4 heteroatoms. The van der Waals surface area contributed by atoms with E-state index in [0.717, 1.165) is 26.1 Å². The number of carbonyl (C=O) groups excluding carboxylic acids is 1. The van der Waals surface area contributed by atoms with Crippen molar-refractivity contribution in [3.63, 3.8) is 0 Å². The number of hydrogen-bond acceptors (Lipinski definition) is 3. The molecule has 2 N–H and O–H groups in total. The average molecular weight is 374 g/mol. The lowest BCUT2D eigenvalue weighted by molar-refractivity contribution is -0.125. The lowest BCUT2D eigenvalue weighted by Crippen LogP contribution is -2.41. The third-order valence-electron chi connectivity index (χ3n) is 5.64. The molecule has 144 valence electrons. The first-order valence-corrected chi connectivity index (χ1v) is 9.94. The minimum absolute atomic E-state index is 0.0878. The molecule has 2 atom stereocenters. The lowest BCUT2D eigenvalue weighted by Gasteiger charge is -2.22. The van der Waals surface area contributed by atoms with Crippen molar-refractivity contribution in [1.82, 2.24) is 15.5 Å². The van der Waals surface area contributed by atoms with E-state index in [4.69, 9.17) is 0 Å². The van der Waals surface area contributed by atoms with Crippen molar-refractivity contribution >= 4 is 16.7 Å². The van der Waals surface area contributed by atoms with Crippen molar-refractivity contribution in [2.75, 3.05) is 13.6 Å². The van der Waals surface area contributed by atoms with Gasteiger partial charge in [-0.2, -0.15) is 0 Å². The Labute approximate surface area is 166 Å². The number of likely N-dealkylation sites (N-methyl/N-ethyl adjacent to an activating group) is 1. The van der Waals surface area contributed by atoms with Crippen LogP contribution in [0.2, 0.25) is 0 Å². The predicted octanol–water partition coefficient (Wildman–Crippen LogP) is 3.32. The third-order valence-corrected chi connectivity index (χ3v) is 5.64. The van der Waals surface area contributed by atoms with Gasteiger partial charge in [0.15, 0.2) is 0 Å². The fourth-order valence-corrected chi connectivity index (χ4v) is 4.18. The number of nitrogens with one attached hydrogen (secondary N) is 2. The number of rotatable bonds is 6. The monoisotopic (exact) mass is 373 g/mol. The molecule has 0 bridgehead atoms. The SMILES string of the molecule is CNC(=O)[C@@H]1C[C@H](NCc2cccc3ccccc23)CN1Cc1ccccc1. The number of fused-ring (bicyclic) bond motifs is 1. The van der Waals surface area contributed by atoms with Gasteiger partial charge in [-0.15, -0.1) is 0 Å². The molecule has 4 rings (SSSR count). The Hall–Kier alpha value is -2.69. The molecule has 3 aromatic carbocycles. The molecule has 0 spiro atoms. The smallest absolute Gasteiger partial charge is 0.237 e. The normalized spacial score (nSPS) is 19.8. The van der Waals surface area contributed by atoms with Crippen LogP contribution in [0.15, 0.2) is 72.8 Å². The number of likely N-dealkylation sites (tertiary alicyclic amines) is 1. The van der Waals surface area contributed by atoms with Crippen LogP contribution in [0.5, 0.6) is 0 Å². The van der Waals surface area contributed by atoms with Crippen LogP contribution >= 0.6 is 0 Å². The summed E-state index contributed by atoms with van der Waals surface area (Å²) < 4.78 is 0. The van der Waals surface area contributed by atoms with Crippen LogP contribution in [0, 0.1) is 0 Å². The van der Waals surface area contributed by atoms with Crippen molar-refractivity contribution in [3.8, 4) is 0 Å². The number of carbonyl (C=O) groups is 1. The molecule has 1 aliphatic rings. The fraction of sp³-hybridized carbons (Fsp3) is 0.292. The molecule has 0 unspecified atom stereocenters. The summed E-state index contributed by atoms with van der Waals surface area (Å²) in [4.78, 5) is 14.7. The van der Waals surface area contributed by atoms with Gasteiger partial charge in [-0.05, 0) is 28.3 Å². The Morgan fingerprint density at radius 1 is 1.00 bits per heavy atom. The molecule has 1 aliphatic heterocycles. The maximum Gasteiger partial charge on any atom is 0.237 e. The first kappa shape index (κ1) is 18.7. The molecule has 28 heavy (non-hydrogen) atoms. The summed E-state index contributed by atoms with van der Waals surface area (Å²) in [5.41, 5.74) is 2.54. The summed E-state index contributed by atoms with van der Waals surface area (Å²) >= 11 is 0. The highest BCUT2D eigenvalue weighted by Gasteiger charge is 2.36. The molecule has 1 amide bonds. The summed E-state index contributed by atoms with van der Waals surface area (Å²) in [6, 6.07) is 25.5. The van der Waals surface area contributed by atoms with E-state index in [9.17, 15) is 4.79 Å². The van der Waals surface area contributed by atoms with Crippen molar-refractivity contribution in [2.24, 2.45) is 0 Å². The maximum absolute atomic E-state index is 12.4. The standard InChI is InChI=1S/C24H27N3O/c1-25-24(28)23-14-21(17-27(23)16-18-8-3-2-4-9-18)26-15-20-12-7-11-19-10-5-6-13-22(19)20/h2-13,21,23,26H,14-17H2,1H3,(H,25,28)/t21-,23-/m0/s1. The quantitative estimate of drug-likeness (QED) is 0.697. The van der Waals surface area contributed by atoms with Crippen molar-refractivity contribution < 1.29 is 4.79 Å².